The largest absolute Gasteiger partial charge is 0.486 e. The molecule has 1 fully saturated rings. The highest BCUT2D eigenvalue weighted by Gasteiger charge is 2.34. The molecule has 2 aromatic rings. The van der Waals surface area contributed by atoms with Gasteiger partial charge in [0.15, 0.2) is 11.5 Å². The van der Waals surface area contributed by atoms with E-state index in [1.807, 2.05) is 23.1 Å². The summed E-state index contributed by atoms with van der Waals surface area (Å²) in [6.07, 6.45) is 0. The van der Waals surface area contributed by atoms with Crippen molar-refractivity contribution in [3.05, 3.63) is 59.7 Å². The number of carbonyl (C=O) groups is 1. The van der Waals surface area contributed by atoms with E-state index in [1.54, 1.807) is 18.2 Å². The maximum Gasteiger partial charge on any atom is 0.254 e. The van der Waals surface area contributed by atoms with E-state index in [0.29, 0.717) is 43.4 Å². The van der Waals surface area contributed by atoms with E-state index in [-0.39, 0.29) is 17.9 Å². The molecular weight excluding hydrogens is 304 g/mol. The van der Waals surface area contributed by atoms with Gasteiger partial charge >= 0.3 is 0 Å². The highest BCUT2D eigenvalue weighted by atomic mass is 16.6. The molecule has 2 aliphatic rings. The maximum atomic E-state index is 12.8. The van der Waals surface area contributed by atoms with Crippen LogP contribution in [0.1, 0.15) is 21.8 Å². The van der Waals surface area contributed by atoms with Crippen LogP contribution in [-0.2, 0) is 0 Å². The number of amides is 1. The molecule has 0 unspecified atom stereocenters. The van der Waals surface area contributed by atoms with E-state index in [4.69, 9.17) is 15.2 Å². The first-order valence-electron chi connectivity index (χ1n) is 8.22. The average molecular weight is 324 g/mol. The van der Waals surface area contributed by atoms with Gasteiger partial charge in [-0.05, 0) is 23.8 Å². The lowest BCUT2D eigenvalue weighted by Gasteiger charge is -2.20. The molecule has 24 heavy (non-hydrogen) atoms. The summed E-state index contributed by atoms with van der Waals surface area (Å²) in [5.74, 6) is 1.49. The monoisotopic (exact) mass is 324 g/mol. The molecule has 0 spiro atoms. The fourth-order valence-corrected chi connectivity index (χ4v) is 3.41. The first-order chi connectivity index (χ1) is 11.7. The van der Waals surface area contributed by atoms with Gasteiger partial charge in [-0.3, -0.25) is 4.79 Å². The fraction of sp³-hybridized carbons (Fsp3) is 0.316. The summed E-state index contributed by atoms with van der Waals surface area (Å²) in [4.78, 5) is 14.7. The number of likely N-dealkylation sites (tertiary alicyclic amines) is 1. The van der Waals surface area contributed by atoms with Gasteiger partial charge < -0.3 is 20.1 Å². The summed E-state index contributed by atoms with van der Waals surface area (Å²) in [7, 11) is 0. The molecule has 5 nitrogen and oxygen atoms in total. The van der Waals surface area contributed by atoms with E-state index in [0.717, 1.165) is 0 Å². The highest BCUT2D eigenvalue weighted by molar-refractivity contribution is 5.95. The van der Waals surface area contributed by atoms with Crippen molar-refractivity contribution in [1.82, 2.24) is 4.90 Å². The van der Waals surface area contributed by atoms with E-state index >= 15 is 0 Å². The number of benzene rings is 2. The molecule has 0 bridgehead atoms. The van der Waals surface area contributed by atoms with Crippen LogP contribution in [0.4, 0.5) is 0 Å². The molecule has 1 amide bonds. The number of nitrogens with two attached hydrogens (primary N) is 1. The Bertz CT molecular complexity index is 748. The van der Waals surface area contributed by atoms with Gasteiger partial charge in [0.2, 0.25) is 0 Å². The van der Waals surface area contributed by atoms with Gasteiger partial charge in [0.05, 0.1) is 0 Å². The van der Waals surface area contributed by atoms with Crippen molar-refractivity contribution in [2.24, 2.45) is 5.73 Å². The molecular formula is C19H20N2O3. The molecule has 124 valence electrons. The van der Waals surface area contributed by atoms with Crippen LogP contribution in [0.5, 0.6) is 11.5 Å². The van der Waals surface area contributed by atoms with Crippen molar-refractivity contribution in [1.29, 1.82) is 0 Å². The molecule has 0 radical (unpaired) electrons. The van der Waals surface area contributed by atoms with E-state index in [1.165, 1.54) is 5.56 Å². The summed E-state index contributed by atoms with van der Waals surface area (Å²) >= 11 is 0. The predicted molar refractivity (Wildman–Crippen MR) is 90.5 cm³/mol. The number of fused-ring (bicyclic) bond motifs is 1. The molecule has 2 N–H and O–H groups in total. The van der Waals surface area contributed by atoms with Crippen LogP contribution >= 0.6 is 0 Å². The van der Waals surface area contributed by atoms with Crippen LogP contribution in [0, 0.1) is 0 Å². The number of nitrogens with zero attached hydrogens (tertiary/aromatic N) is 1. The lowest BCUT2D eigenvalue weighted by molar-refractivity contribution is 0.0788. The zero-order valence-electron chi connectivity index (χ0n) is 13.4. The topological polar surface area (TPSA) is 64.8 Å². The highest BCUT2D eigenvalue weighted by Crippen LogP contribution is 2.32. The van der Waals surface area contributed by atoms with Crippen molar-refractivity contribution in [2.45, 2.75) is 12.0 Å². The van der Waals surface area contributed by atoms with Crippen molar-refractivity contribution in [3.8, 4) is 11.5 Å². The van der Waals surface area contributed by atoms with Crippen molar-refractivity contribution < 1.29 is 14.3 Å². The Hall–Kier alpha value is -2.53. The number of rotatable bonds is 2. The fourth-order valence-electron chi connectivity index (χ4n) is 3.41. The summed E-state index contributed by atoms with van der Waals surface area (Å²) in [6, 6.07) is 15.4. The van der Waals surface area contributed by atoms with Crippen LogP contribution in [0.15, 0.2) is 48.5 Å². The molecule has 5 heteroatoms. The van der Waals surface area contributed by atoms with Crippen LogP contribution < -0.4 is 15.2 Å². The smallest absolute Gasteiger partial charge is 0.254 e. The van der Waals surface area contributed by atoms with Crippen molar-refractivity contribution in [3.63, 3.8) is 0 Å². The predicted octanol–water partition coefficient (Wildman–Crippen LogP) is 2.02. The number of carbonyl (C=O) groups excluding carboxylic acids is 1. The van der Waals surface area contributed by atoms with E-state index in [2.05, 4.69) is 12.1 Å². The lowest BCUT2D eigenvalue weighted by Crippen LogP contribution is -2.32. The normalized spacial score (nSPS) is 22.5. The minimum absolute atomic E-state index is 0.0131. The Balaban J connectivity index is 1.53. The zero-order chi connectivity index (χ0) is 16.5. The molecule has 2 atom stereocenters. The Kier molecular flexibility index (Phi) is 3.86. The number of hydrogen-bond acceptors (Lipinski definition) is 4. The second-order valence-electron chi connectivity index (χ2n) is 6.25. The third-order valence-electron chi connectivity index (χ3n) is 4.67. The molecule has 2 aliphatic heterocycles. The number of ether oxygens (including phenoxy) is 2. The molecule has 0 aliphatic carbocycles. The zero-order valence-corrected chi connectivity index (χ0v) is 13.4. The summed E-state index contributed by atoms with van der Waals surface area (Å²) in [5, 5.41) is 0. The first kappa shape index (κ1) is 15.0. The Labute approximate surface area is 141 Å². The van der Waals surface area contributed by atoms with Crippen LogP contribution in [0.3, 0.4) is 0 Å². The van der Waals surface area contributed by atoms with Gasteiger partial charge in [-0.2, -0.15) is 0 Å². The van der Waals surface area contributed by atoms with Gasteiger partial charge in [-0.15, -0.1) is 0 Å². The van der Waals surface area contributed by atoms with Crippen LogP contribution in [0.2, 0.25) is 0 Å². The van der Waals surface area contributed by atoms with E-state index in [9.17, 15) is 4.79 Å². The van der Waals surface area contributed by atoms with Gasteiger partial charge in [-0.1, -0.05) is 30.3 Å². The molecule has 1 saturated heterocycles. The Morgan fingerprint density at radius 2 is 1.75 bits per heavy atom. The van der Waals surface area contributed by atoms with Crippen LogP contribution in [-0.4, -0.2) is 43.2 Å². The van der Waals surface area contributed by atoms with Crippen molar-refractivity contribution >= 4 is 5.91 Å². The standard InChI is InChI=1S/C19H20N2O3/c20-16-12-21(11-15(16)13-4-2-1-3-5-13)19(22)14-6-7-17-18(10-14)24-9-8-23-17/h1-7,10,15-16H,8-9,11-12,20H2/t15-,16+/m0/s1. The van der Waals surface area contributed by atoms with Gasteiger partial charge in [0.25, 0.3) is 5.91 Å². The lowest BCUT2D eigenvalue weighted by atomic mass is 9.95. The minimum Gasteiger partial charge on any atom is -0.486 e. The third-order valence-corrected chi connectivity index (χ3v) is 4.67. The second-order valence-corrected chi connectivity index (χ2v) is 6.25. The Morgan fingerprint density at radius 1 is 1.00 bits per heavy atom. The molecule has 2 heterocycles. The summed E-state index contributed by atoms with van der Waals surface area (Å²) < 4.78 is 11.1. The first-order valence-corrected chi connectivity index (χ1v) is 8.22. The quantitative estimate of drug-likeness (QED) is 0.918. The maximum absolute atomic E-state index is 12.8. The molecule has 2 aromatic carbocycles. The molecule has 0 saturated carbocycles. The second kappa shape index (κ2) is 6.17. The third kappa shape index (κ3) is 2.71. The van der Waals surface area contributed by atoms with E-state index < -0.39 is 0 Å². The Morgan fingerprint density at radius 3 is 2.54 bits per heavy atom. The van der Waals surface area contributed by atoms with Gasteiger partial charge in [-0.25, -0.2) is 0 Å². The van der Waals surface area contributed by atoms with Crippen LogP contribution in [0.25, 0.3) is 0 Å². The molecule has 0 aromatic heterocycles. The van der Waals surface area contributed by atoms with Gasteiger partial charge in [0.1, 0.15) is 13.2 Å². The SMILES string of the molecule is N[C@@H]1CN(C(=O)c2ccc3c(c2)OCCO3)C[C@H]1c1ccccc1. The summed E-state index contributed by atoms with van der Waals surface area (Å²) in [6.45, 7) is 2.25. The molecule has 4 rings (SSSR count). The average Bonchev–Trinajstić information content (AvgIpc) is 3.03. The van der Waals surface area contributed by atoms with Gasteiger partial charge in [0, 0.05) is 30.6 Å². The number of hydrogen-bond donors (Lipinski definition) is 1. The minimum atomic E-state index is -0.0476. The summed E-state index contributed by atoms with van der Waals surface area (Å²) in [5.41, 5.74) is 8.08. The van der Waals surface area contributed by atoms with Crippen molar-refractivity contribution in [2.75, 3.05) is 26.3 Å².